The molecule has 1 N–H and O–H groups in total. The molecular formula is C24H21NO5. The van der Waals surface area contributed by atoms with Gasteiger partial charge in [-0.1, -0.05) is 54.6 Å². The molecule has 0 bridgehead atoms. The molecule has 0 fully saturated rings. The van der Waals surface area contributed by atoms with Crippen molar-refractivity contribution < 1.29 is 23.8 Å². The second kappa shape index (κ2) is 7.55. The Labute approximate surface area is 174 Å². The van der Waals surface area contributed by atoms with Gasteiger partial charge < -0.3 is 19.5 Å². The first kappa shape index (κ1) is 19.5. The van der Waals surface area contributed by atoms with Crippen molar-refractivity contribution in [3.8, 4) is 17.2 Å². The van der Waals surface area contributed by atoms with Gasteiger partial charge in [-0.3, -0.25) is 9.59 Å². The Morgan fingerprint density at radius 1 is 0.700 bits per heavy atom. The van der Waals surface area contributed by atoms with Gasteiger partial charge in [-0.2, -0.15) is 0 Å². The maximum absolute atomic E-state index is 13.6. The zero-order chi connectivity index (χ0) is 21.3. The first-order chi connectivity index (χ1) is 14.6. The van der Waals surface area contributed by atoms with Crippen molar-refractivity contribution in [1.29, 1.82) is 0 Å². The predicted octanol–water partition coefficient (Wildman–Crippen LogP) is 4.10. The van der Waals surface area contributed by atoms with E-state index in [9.17, 15) is 9.59 Å². The van der Waals surface area contributed by atoms with Crippen LogP contribution in [0.3, 0.4) is 0 Å². The number of rotatable bonds is 6. The highest BCUT2D eigenvalue weighted by Crippen LogP contribution is 2.44. The number of hydrogen-bond acceptors (Lipinski definition) is 6. The Kier molecular flexibility index (Phi) is 4.91. The van der Waals surface area contributed by atoms with Crippen LogP contribution in [0, 0.1) is 0 Å². The van der Waals surface area contributed by atoms with E-state index in [-0.39, 0.29) is 11.6 Å². The maximum Gasteiger partial charge on any atom is 0.203 e. The highest BCUT2D eigenvalue weighted by atomic mass is 16.5. The van der Waals surface area contributed by atoms with Crippen molar-refractivity contribution in [2.75, 3.05) is 26.6 Å². The fourth-order valence-electron chi connectivity index (χ4n) is 3.89. The van der Waals surface area contributed by atoms with Crippen LogP contribution >= 0.6 is 0 Å². The van der Waals surface area contributed by atoms with Gasteiger partial charge in [0.25, 0.3) is 0 Å². The Morgan fingerprint density at radius 2 is 1.20 bits per heavy atom. The number of carbonyl (C=O) groups excluding carboxylic acids is 2. The molecule has 0 spiro atoms. The fraction of sp³-hybridized carbons (Fsp3) is 0.167. The maximum atomic E-state index is 13.6. The van der Waals surface area contributed by atoms with Gasteiger partial charge in [0.1, 0.15) is 0 Å². The van der Waals surface area contributed by atoms with Crippen molar-refractivity contribution in [2.45, 2.75) is 5.54 Å². The number of nitrogens with one attached hydrogen (secondary N) is 1. The molecule has 4 rings (SSSR count). The monoisotopic (exact) mass is 403 g/mol. The van der Waals surface area contributed by atoms with Gasteiger partial charge in [0.05, 0.1) is 21.3 Å². The molecule has 0 atom stereocenters. The summed E-state index contributed by atoms with van der Waals surface area (Å²) in [6.45, 7) is 0. The number of ether oxygens (including phenoxy) is 3. The molecule has 0 amide bonds. The van der Waals surface area contributed by atoms with Gasteiger partial charge >= 0.3 is 0 Å². The molecule has 0 unspecified atom stereocenters. The van der Waals surface area contributed by atoms with Crippen molar-refractivity contribution in [1.82, 2.24) is 0 Å². The molecule has 30 heavy (non-hydrogen) atoms. The number of methoxy groups -OCH3 is 3. The minimum absolute atomic E-state index is 0.303. The molecule has 6 nitrogen and oxygen atoms in total. The van der Waals surface area contributed by atoms with Crippen LogP contribution in [-0.2, 0) is 5.54 Å². The number of Topliss-reactive ketones (excluding diaryl/α,β-unsaturated/α-hetero) is 2. The predicted molar refractivity (Wildman–Crippen MR) is 113 cm³/mol. The largest absolute Gasteiger partial charge is 0.493 e. The topological polar surface area (TPSA) is 73.9 Å². The third kappa shape index (κ3) is 2.80. The molecule has 3 aromatic rings. The summed E-state index contributed by atoms with van der Waals surface area (Å²) in [5.41, 5.74) is 0.251. The van der Waals surface area contributed by atoms with Crippen LogP contribution in [0.1, 0.15) is 26.3 Å². The molecule has 0 radical (unpaired) electrons. The molecule has 0 aliphatic heterocycles. The Morgan fingerprint density at radius 3 is 1.67 bits per heavy atom. The summed E-state index contributed by atoms with van der Waals surface area (Å²) in [5.74, 6) is 0.647. The van der Waals surface area contributed by atoms with Crippen LogP contribution in [0.2, 0.25) is 0 Å². The average Bonchev–Trinajstić information content (AvgIpc) is 3.01. The van der Waals surface area contributed by atoms with E-state index in [1.807, 2.05) is 6.07 Å². The number of benzene rings is 3. The fourth-order valence-corrected chi connectivity index (χ4v) is 3.89. The molecule has 0 aromatic heterocycles. The first-order valence-electron chi connectivity index (χ1n) is 9.39. The third-order valence-electron chi connectivity index (χ3n) is 5.30. The molecule has 1 aliphatic carbocycles. The van der Waals surface area contributed by atoms with E-state index in [2.05, 4.69) is 5.32 Å². The third-order valence-corrected chi connectivity index (χ3v) is 5.30. The number of hydrogen-bond donors (Lipinski definition) is 1. The smallest absolute Gasteiger partial charge is 0.203 e. The van der Waals surface area contributed by atoms with Crippen LogP contribution < -0.4 is 19.5 Å². The van der Waals surface area contributed by atoms with Crippen LogP contribution in [0.15, 0.2) is 66.7 Å². The summed E-state index contributed by atoms with van der Waals surface area (Å²) in [7, 11) is 4.53. The van der Waals surface area contributed by atoms with Gasteiger partial charge in [0.15, 0.2) is 17.0 Å². The second-order valence-corrected chi connectivity index (χ2v) is 6.86. The average molecular weight is 403 g/mol. The summed E-state index contributed by atoms with van der Waals surface area (Å²) in [6.07, 6.45) is 0. The van der Waals surface area contributed by atoms with E-state index in [0.29, 0.717) is 39.6 Å². The number of carbonyl (C=O) groups is 2. The van der Waals surface area contributed by atoms with Crippen LogP contribution in [-0.4, -0.2) is 32.9 Å². The minimum atomic E-state index is -1.59. The Balaban J connectivity index is 1.91. The Hall–Kier alpha value is -3.80. The van der Waals surface area contributed by atoms with E-state index in [1.165, 1.54) is 21.3 Å². The Bertz CT molecular complexity index is 1060. The van der Waals surface area contributed by atoms with E-state index in [0.717, 1.165) is 0 Å². The van der Waals surface area contributed by atoms with E-state index in [1.54, 1.807) is 60.7 Å². The van der Waals surface area contributed by atoms with Gasteiger partial charge in [0.2, 0.25) is 17.3 Å². The quantitative estimate of drug-likeness (QED) is 0.625. The van der Waals surface area contributed by atoms with Gasteiger partial charge in [-0.05, 0) is 5.56 Å². The van der Waals surface area contributed by atoms with Gasteiger partial charge in [-0.15, -0.1) is 0 Å². The van der Waals surface area contributed by atoms with E-state index < -0.39 is 5.54 Å². The second-order valence-electron chi connectivity index (χ2n) is 6.86. The lowest BCUT2D eigenvalue weighted by Crippen LogP contribution is -2.46. The van der Waals surface area contributed by atoms with Crippen molar-refractivity contribution >= 4 is 17.3 Å². The summed E-state index contributed by atoms with van der Waals surface area (Å²) in [4.78, 5) is 27.2. The zero-order valence-corrected chi connectivity index (χ0v) is 16.9. The summed E-state index contributed by atoms with van der Waals surface area (Å²) in [6, 6.07) is 19.2. The van der Waals surface area contributed by atoms with Crippen LogP contribution in [0.4, 0.5) is 5.69 Å². The molecule has 1 aliphatic rings. The van der Waals surface area contributed by atoms with Crippen molar-refractivity contribution in [3.05, 3.63) is 83.4 Å². The minimum Gasteiger partial charge on any atom is -0.493 e. The standard InChI is InChI=1S/C24H21NO5/c1-28-19-13-16(14-20(29-2)21(19)30-3)25-24(15-9-5-4-6-10-15)22(26)17-11-7-8-12-18(17)23(24)27/h4-14,25H,1-3H3. The van der Waals surface area contributed by atoms with E-state index >= 15 is 0 Å². The van der Waals surface area contributed by atoms with Crippen LogP contribution in [0.25, 0.3) is 0 Å². The van der Waals surface area contributed by atoms with Crippen LogP contribution in [0.5, 0.6) is 17.2 Å². The van der Waals surface area contributed by atoms with Gasteiger partial charge in [0, 0.05) is 28.9 Å². The lowest BCUT2D eigenvalue weighted by Gasteiger charge is -2.29. The number of anilines is 1. The summed E-state index contributed by atoms with van der Waals surface area (Å²) >= 11 is 0. The number of fused-ring (bicyclic) bond motifs is 1. The molecule has 3 aromatic carbocycles. The first-order valence-corrected chi connectivity index (χ1v) is 9.39. The molecule has 0 heterocycles. The van der Waals surface area contributed by atoms with Crippen molar-refractivity contribution in [3.63, 3.8) is 0 Å². The van der Waals surface area contributed by atoms with E-state index in [4.69, 9.17) is 14.2 Å². The lowest BCUT2D eigenvalue weighted by atomic mass is 9.84. The summed E-state index contributed by atoms with van der Waals surface area (Å²) < 4.78 is 16.2. The normalized spacial score (nSPS) is 14.2. The molecule has 0 saturated carbocycles. The highest BCUT2D eigenvalue weighted by molar-refractivity contribution is 6.34. The molecule has 6 heteroatoms. The molecule has 0 saturated heterocycles. The van der Waals surface area contributed by atoms with Crippen molar-refractivity contribution in [2.24, 2.45) is 0 Å². The molecule has 152 valence electrons. The highest BCUT2D eigenvalue weighted by Gasteiger charge is 2.54. The SMILES string of the molecule is COc1cc(NC2(c3ccccc3)C(=O)c3ccccc3C2=O)cc(OC)c1OC. The zero-order valence-electron chi connectivity index (χ0n) is 16.9. The molecular weight excluding hydrogens is 382 g/mol. The number of ketones is 2. The summed E-state index contributed by atoms with van der Waals surface area (Å²) in [5, 5.41) is 3.20. The lowest BCUT2D eigenvalue weighted by molar-refractivity contribution is 0.0818. The van der Waals surface area contributed by atoms with Gasteiger partial charge in [-0.25, -0.2) is 0 Å².